The van der Waals surface area contributed by atoms with E-state index in [1.807, 2.05) is 7.05 Å². The molecule has 35 heavy (non-hydrogen) atoms. The molecule has 0 amide bonds. The summed E-state index contributed by atoms with van der Waals surface area (Å²) in [5.41, 5.74) is 3.78. The summed E-state index contributed by atoms with van der Waals surface area (Å²) < 4.78 is 13.1. The Morgan fingerprint density at radius 2 is 1.89 bits per heavy atom. The first-order valence-corrected chi connectivity index (χ1v) is 12.5. The molecule has 11 heteroatoms. The molecule has 0 bridgehead atoms. The predicted octanol–water partition coefficient (Wildman–Crippen LogP) is 0.317. The van der Waals surface area contributed by atoms with Crippen molar-refractivity contribution in [3.05, 3.63) is 16.8 Å². The van der Waals surface area contributed by atoms with Crippen LogP contribution in [-0.4, -0.2) is 96.4 Å². The standard InChI is InChI=1S/C24H34N4O7/c1-3-9-28-10-8-12(11-28)16-15-13-6-4-5-7-14(13)22(25-21(15)27(2)26-16)35-24-19(31)17(29)18(30)20(34-24)23(32)33/h12,17-20,24,29-31H,3-11H2,1-2H3,(H,32,33)/t12-,17-,18+,19+,20-,24-/m0/s1. The summed E-state index contributed by atoms with van der Waals surface area (Å²) in [5, 5.41) is 45.9. The van der Waals surface area contributed by atoms with Crippen LogP contribution in [0.1, 0.15) is 55.3 Å². The van der Waals surface area contributed by atoms with Crippen LogP contribution in [0, 0.1) is 0 Å². The Hall–Kier alpha value is -2.31. The fourth-order valence-corrected chi connectivity index (χ4v) is 5.75. The molecule has 2 fully saturated rings. The van der Waals surface area contributed by atoms with E-state index in [4.69, 9.17) is 19.6 Å². The zero-order valence-corrected chi connectivity index (χ0v) is 20.1. The largest absolute Gasteiger partial charge is 0.479 e. The molecule has 6 atom stereocenters. The number of aliphatic carboxylic acids is 1. The highest BCUT2D eigenvalue weighted by molar-refractivity contribution is 5.85. The molecule has 4 heterocycles. The van der Waals surface area contributed by atoms with E-state index >= 15 is 0 Å². The third kappa shape index (κ3) is 4.29. The lowest BCUT2D eigenvalue weighted by molar-refractivity contribution is -0.271. The van der Waals surface area contributed by atoms with Crippen molar-refractivity contribution in [1.29, 1.82) is 0 Å². The Morgan fingerprint density at radius 3 is 2.60 bits per heavy atom. The number of aliphatic hydroxyl groups is 3. The van der Waals surface area contributed by atoms with Crippen LogP contribution in [0.2, 0.25) is 0 Å². The molecule has 5 rings (SSSR count). The Labute approximate surface area is 203 Å². The monoisotopic (exact) mass is 490 g/mol. The average molecular weight is 491 g/mol. The lowest BCUT2D eigenvalue weighted by Gasteiger charge is -2.38. The number of carboxylic acids is 1. The first kappa shape index (κ1) is 24.4. The quantitative estimate of drug-likeness (QED) is 0.446. The highest BCUT2D eigenvalue weighted by Crippen LogP contribution is 2.40. The topological polar surface area (TPSA) is 150 Å². The molecular formula is C24H34N4O7. The molecule has 0 spiro atoms. The van der Waals surface area contributed by atoms with Crippen LogP contribution in [0.4, 0.5) is 0 Å². The van der Waals surface area contributed by atoms with Gasteiger partial charge in [0.1, 0.15) is 18.3 Å². The van der Waals surface area contributed by atoms with E-state index in [-0.39, 0.29) is 5.88 Å². The van der Waals surface area contributed by atoms with Gasteiger partial charge in [-0.2, -0.15) is 10.1 Å². The van der Waals surface area contributed by atoms with Crippen LogP contribution in [0.3, 0.4) is 0 Å². The lowest BCUT2D eigenvalue weighted by atomic mass is 9.88. The number of likely N-dealkylation sites (tertiary alicyclic amines) is 1. The molecule has 4 N–H and O–H groups in total. The van der Waals surface area contributed by atoms with Gasteiger partial charge < -0.3 is 34.8 Å². The van der Waals surface area contributed by atoms with Gasteiger partial charge in [-0.3, -0.25) is 4.68 Å². The van der Waals surface area contributed by atoms with E-state index in [1.54, 1.807) is 4.68 Å². The number of hydrogen-bond acceptors (Lipinski definition) is 9. The van der Waals surface area contributed by atoms with Gasteiger partial charge in [0, 0.05) is 30.5 Å². The molecule has 0 aromatic carbocycles. The molecule has 0 unspecified atom stereocenters. The van der Waals surface area contributed by atoms with Crippen LogP contribution in [0.5, 0.6) is 5.88 Å². The normalized spacial score (nSPS) is 31.6. The van der Waals surface area contributed by atoms with Gasteiger partial charge in [-0.05, 0) is 57.2 Å². The van der Waals surface area contributed by atoms with Gasteiger partial charge in [-0.1, -0.05) is 6.92 Å². The van der Waals surface area contributed by atoms with Crippen LogP contribution < -0.4 is 4.74 Å². The molecule has 192 valence electrons. The summed E-state index contributed by atoms with van der Waals surface area (Å²) in [6, 6.07) is 0. The fraction of sp³-hybridized carbons (Fsp3) is 0.708. The number of pyridine rings is 1. The maximum Gasteiger partial charge on any atom is 0.335 e. The summed E-state index contributed by atoms with van der Waals surface area (Å²) in [5.74, 6) is -0.869. The van der Waals surface area contributed by atoms with Crippen molar-refractivity contribution in [3.63, 3.8) is 0 Å². The second-order valence-corrected chi connectivity index (χ2v) is 9.93. The summed E-state index contributed by atoms with van der Waals surface area (Å²) in [6.45, 7) is 5.31. The number of rotatable bonds is 6. The van der Waals surface area contributed by atoms with E-state index in [0.29, 0.717) is 11.6 Å². The molecular weight excluding hydrogens is 456 g/mol. The third-order valence-electron chi connectivity index (χ3n) is 7.52. The average Bonchev–Trinajstić information content (AvgIpc) is 3.44. The molecule has 1 aliphatic carbocycles. The minimum Gasteiger partial charge on any atom is -0.479 e. The molecule has 3 aliphatic rings. The van der Waals surface area contributed by atoms with E-state index in [2.05, 4.69) is 11.8 Å². The van der Waals surface area contributed by atoms with Crippen LogP contribution >= 0.6 is 0 Å². The van der Waals surface area contributed by atoms with Gasteiger partial charge in [-0.15, -0.1) is 0 Å². The molecule has 2 aliphatic heterocycles. The highest BCUT2D eigenvalue weighted by atomic mass is 16.7. The molecule has 11 nitrogen and oxygen atoms in total. The van der Waals surface area contributed by atoms with Crippen molar-refractivity contribution in [2.45, 2.75) is 82.1 Å². The number of nitrogens with zero attached hydrogens (tertiary/aromatic N) is 4. The van der Waals surface area contributed by atoms with Crippen molar-refractivity contribution < 1.29 is 34.7 Å². The number of fused-ring (bicyclic) bond motifs is 3. The number of aromatic nitrogens is 3. The lowest BCUT2D eigenvalue weighted by Crippen LogP contribution is -2.61. The maximum atomic E-state index is 11.5. The Bertz CT molecular complexity index is 1110. The summed E-state index contributed by atoms with van der Waals surface area (Å²) in [7, 11) is 1.85. The van der Waals surface area contributed by atoms with E-state index in [1.165, 1.54) is 0 Å². The van der Waals surface area contributed by atoms with Crippen molar-refractivity contribution in [1.82, 2.24) is 19.7 Å². The summed E-state index contributed by atoms with van der Waals surface area (Å²) in [4.78, 5) is 18.7. The fourth-order valence-electron chi connectivity index (χ4n) is 5.75. The van der Waals surface area contributed by atoms with Gasteiger partial charge >= 0.3 is 5.97 Å². The van der Waals surface area contributed by atoms with E-state index in [9.17, 15) is 25.2 Å². The van der Waals surface area contributed by atoms with Gasteiger partial charge in [0.25, 0.3) is 0 Å². The number of carboxylic acid groups (broad SMARTS) is 1. The van der Waals surface area contributed by atoms with Gasteiger partial charge in [0.15, 0.2) is 11.8 Å². The second-order valence-electron chi connectivity index (χ2n) is 9.93. The Morgan fingerprint density at radius 1 is 1.14 bits per heavy atom. The second kappa shape index (κ2) is 9.62. The number of aliphatic hydroxyl groups excluding tert-OH is 3. The SMILES string of the molecule is CCCN1CC[C@H](c2nn(C)c3nc(O[C@@H]4O[C@H](C(=O)O)[C@H](O)[C@H](O)[C@H]4O)c4c(c23)CCCC4)C1. The van der Waals surface area contributed by atoms with Crippen LogP contribution in [0.25, 0.3) is 11.0 Å². The number of carbonyl (C=O) groups is 1. The zero-order valence-electron chi connectivity index (χ0n) is 20.1. The summed E-state index contributed by atoms with van der Waals surface area (Å²) in [6.07, 6.45) is -2.63. The minimum absolute atomic E-state index is 0.248. The van der Waals surface area contributed by atoms with E-state index in [0.717, 1.165) is 80.4 Å². The van der Waals surface area contributed by atoms with Gasteiger partial charge in [0.2, 0.25) is 12.2 Å². The molecule has 2 saturated heterocycles. The Balaban J connectivity index is 1.52. The minimum atomic E-state index is -1.77. The molecule has 2 aromatic heterocycles. The zero-order chi connectivity index (χ0) is 24.9. The third-order valence-corrected chi connectivity index (χ3v) is 7.52. The molecule has 2 aromatic rings. The van der Waals surface area contributed by atoms with Gasteiger partial charge in [-0.25, -0.2) is 4.79 Å². The number of aryl methyl sites for hydroxylation is 2. The van der Waals surface area contributed by atoms with Crippen LogP contribution in [0.15, 0.2) is 0 Å². The van der Waals surface area contributed by atoms with Crippen molar-refractivity contribution >= 4 is 17.0 Å². The van der Waals surface area contributed by atoms with E-state index < -0.39 is 36.7 Å². The first-order valence-electron chi connectivity index (χ1n) is 12.5. The first-order chi connectivity index (χ1) is 16.8. The van der Waals surface area contributed by atoms with Gasteiger partial charge in [0.05, 0.1) is 5.69 Å². The van der Waals surface area contributed by atoms with Crippen molar-refractivity contribution in [2.24, 2.45) is 7.05 Å². The molecule has 0 saturated carbocycles. The number of hydrogen-bond donors (Lipinski definition) is 4. The maximum absolute atomic E-state index is 11.5. The highest BCUT2D eigenvalue weighted by Gasteiger charge is 2.48. The smallest absolute Gasteiger partial charge is 0.335 e. The Kier molecular flexibility index (Phi) is 6.71. The summed E-state index contributed by atoms with van der Waals surface area (Å²) >= 11 is 0. The van der Waals surface area contributed by atoms with Crippen molar-refractivity contribution in [3.8, 4) is 5.88 Å². The predicted molar refractivity (Wildman–Crippen MR) is 124 cm³/mol. The number of ether oxygens (including phenoxy) is 2. The van der Waals surface area contributed by atoms with Crippen molar-refractivity contribution in [2.75, 3.05) is 19.6 Å². The molecule has 0 radical (unpaired) electrons. The van der Waals surface area contributed by atoms with Crippen LogP contribution in [-0.2, 0) is 29.4 Å².